The van der Waals surface area contributed by atoms with E-state index in [0.29, 0.717) is 35.0 Å². The number of nitrogens with zero attached hydrogens (tertiary/aromatic N) is 4. The molecule has 1 saturated heterocycles. The first-order valence-corrected chi connectivity index (χ1v) is 11.9. The smallest absolute Gasteiger partial charge is 0.253 e. The number of para-hydroxylation sites is 1. The summed E-state index contributed by atoms with van der Waals surface area (Å²) in [4.78, 5) is 19.5. The van der Waals surface area contributed by atoms with Crippen LogP contribution < -0.4 is 11.1 Å². The maximum Gasteiger partial charge on any atom is 0.253 e. The van der Waals surface area contributed by atoms with Crippen molar-refractivity contribution in [1.82, 2.24) is 19.5 Å². The predicted molar refractivity (Wildman–Crippen MR) is 135 cm³/mol. The highest BCUT2D eigenvalue weighted by molar-refractivity contribution is 9.10. The van der Waals surface area contributed by atoms with Crippen molar-refractivity contribution in [3.8, 4) is 11.3 Å². The van der Waals surface area contributed by atoms with Crippen LogP contribution in [-0.2, 0) is 0 Å². The second-order valence-corrected chi connectivity index (χ2v) is 9.35. The summed E-state index contributed by atoms with van der Waals surface area (Å²) in [5, 5.41) is 8.71. The molecule has 0 bridgehead atoms. The highest BCUT2D eigenvalue weighted by Crippen LogP contribution is 2.30. The predicted octanol–water partition coefficient (Wildman–Crippen LogP) is 5.11. The average molecular weight is 526 g/mol. The molecule has 33 heavy (non-hydrogen) atoms. The molecule has 1 fully saturated rings. The SMILES string of the molecule is Nc1ccccc1-c1cc(NC2CCN(C(=O)c3ccc(Cl)cc3)CC2)n2ncc(Br)c2n1. The molecule has 168 valence electrons. The van der Waals surface area contributed by atoms with E-state index in [1.165, 1.54) is 0 Å². The van der Waals surface area contributed by atoms with Gasteiger partial charge in [-0.05, 0) is 59.1 Å². The first kappa shape index (κ1) is 21.7. The number of nitrogens with two attached hydrogens (primary N) is 1. The van der Waals surface area contributed by atoms with Crippen molar-refractivity contribution in [1.29, 1.82) is 0 Å². The number of nitrogens with one attached hydrogen (secondary N) is 1. The molecule has 0 radical (unpaired) electrons. The Balaban J connectivity index is 1.35. The van der Waals surface area contributed by atoms with Gasteiger partial charge < -0.3 is 16.0 Å². The first-order chi connectivity index (χ1) is 16.0. The Hall–Kier alpha value is -3.10. The van der Waals surface area contributed by atoms with Crippen molar-refractivity contribution >= 4 is 50.6 Å². The summed E-state index contributed by atoms with van der Waals surface area (Å²) < 4.78 is 2.60. The minimum absolute atomic E-state index is 0.0364. The average Bonchev–Trinajstić information content (AvgIpc) is 3.21. The number of carbonyl (C=O) groups excluding carboxylic acids is 1. The minimum atomic E-state index is 0.0364. The molecule has 1 aliphatic rings. The summed E-state index contributed by atoms with van der Waals surface area (Å²) in [5.74, 6) is 0.876. The molecule has 1 aliphatic heterocycles. The molecule has 0 unspecified atom stereocenters. The third-order valence-corrected chi connectivity index (χ3v) is 6.70. The first-order valence-electron chi connectivity index (χ1n) is 10.7. The molecular formula is C24H22BrClN6O. The van der Waals surface area contributed by atoms with Crippen LogP contribution in [0.3, 0.4) is 0 Å². The Kier molecular flexibility index (Phi) is 5.95. The summed E-state index contributed by atoms with van der Waals surface area (Å²) in [6, 6.07) is 16.9. The van der Waals surface area contributed by atoms with E-state index in [4.69, 9.17) is 22.3 Å². The van der Waals surface area contributed by atoms with Gasteiger partial charge in [-0.15, -0.1) is 0 Å². The third-order valence-electron chi connectivity index (χ3n) is 5.89. The van der Waals surface area contributed by atoms with Gasteiger partial charge in [-0.1, -0.05) is 29.8 Å². The summed E-state index contributed by atoms with van der Waals surface area (Å²) in [5.41, 5.74) is 9.90. The number of carbonyl (C=O) groups is 1. The fourth-order valence-corrected chi connectivity index (χ4v) is 4.59. The lowest BCUT2D eigenvalue weighted by molar-refractivity contribution is 0.0718. The second kappa shape index (κ2) is 9.03. The number of likely N-dealkylation sites (tertiary alicyclic amines) is 1. The maximum absolute atomic E-state index is 12.8. The highest BCUT2D eigenvalue weighted by atomic mass is 79.9. The normalized spacial score (nSPS) is 14.5. The van der Waals surface area contributed by atoms with Crippen LogP contribution >= 0.6 is 27.5 Å². The van der Waals surface area contributed by atoms with Crippen molar-refractivity contribution in [2.75, 3.05) is 24.1 Å². The number of hydrogen-bond acceptors (Lipinski definition) is 5. The van der Waals surface area contributed by atoms with Gasteiger partial charge in [0.05, 0.1) is 16.4 Å². The second-order valence-electron chi connectivity index (χ2n) is 8.06. The number of halogens is 2. The number of fused-ring (bicyclic) bond motifs is 1. The van der Waals surface area contributed by atoms with E-state index in [2.05, 4.69) is 26.3 Å². The quantitative estimate of drug-likeness (QED) is 0.362. The number of amides is 1. The molecule has 7 nitrogen and oxygen atoms in total. The fourth-order valence-electron chi connectivity index (χ4n) is 4.12. The van der Waals surface area contributed by atoms with E-state index in [0.717, 1.165) is 34.4 Å². The molecule has 0 aliphatic carbocycles. The number of hydrogen-bond donors (Lipinski definition) is 2. The number of benzene rings is 2. The van der Waals surface area contributed by atoms with Crippen LogP contribution in [0, 0.1) is 0 Å². The zero-order valence-electron chi connectivity index (χ0n) is 17.7. The van der Waals surface area contributed by atoms with E-state index in [9.17, 15) is 4.79 Å². The topological polar surface area (TPSA) is 88.5 Å². The Morgan fingerprint density at radius 2 is 1.85 bits per heavy atom. The molecule has 1 amide bonds. The van der Waals surface area contributed by atoms with Gasteiger partial charge in [-0.3, -0.25) is 4.79 Å². The molecule has 4 aromatic rings. The van der Waals surface area contributed by atoms with Crippen molar-refractivity contribution in [3.05, 3.63) is 75.9 Å². The van der Waals surface area contributed by atoms with Gasteiger partial charge in [0.25, 0.3) is 5.91 Å². The van der Waals surface area contributed by atoms with Crippen molar-refractivity contribution in [3.63, 3.8) is 0 Å². The molecule has 2 aromatic heterocycles. The van der Waals surface area contributed by atoms with Crippen LogP contribution in [0.2, 0.25) is 5.02 Å². The van der Waals surface area contributed by atoms with E-state index in [1.807, 2.05) is 35.2 Å². The lowest BCUT2D eigenvalue weighted by atomic mass is 10.0. The van der Waals surface area contributed by atoms with Crippen molar-refractivity contribution in [2.24, 2.45) is 0 Å². The van der Waals surface area contributed by atoms with Gasteiger partial charge in [0.2, 0.25) is 0 Å². The van der Waals surface area contributed by atoms with Crippen LogP contribution in [0.15, 0.2) is 65.3 Å². The van der Waals surface area contributed by atoms with Crippen LogP contribution in [0.1, 0.15) is 23.2 Å². The van der Waals surface area contributed by atoms with Gasteiger partial charge in [-0.2, -0.15) is 9.61 Å². The van der Waals surface area contributed by atoms with Crippen molar-refractivity contribution < 1.29 is 4.79 Å². The van der Waals surface area contributed by atoms with Gasteiger partial charge in [0.15, 0.2) is 5.65 Å². The largest absolute Gasteiger partial charge is 0.398 e. The lowest BCUT2D eigenvalue weighted by Gasteiger charge is -2.33. The Labute approximate surface area is 204 Å². The van der Waals surface area contributed by atoms with Gasteiger partial charge in [0.1, 0.15) is 5.82 Å². The van der Waals surface area contributed by atoms with Crippen LogP contribution in [-0.4, -0.2) is 44.5 Å². The summed E-state index contributed by atoms with van der Waals surface area (Å²) in [7, 11) is 0. The third kappa shape index (κ3) is 4.41. The molecule has 2 aromatic carbocycles. The minimum Gasteiger partial charge on any atom is -0.398 e. The molecule has 3 N–H and O–H groups in total. The number of nitrogen functional groups attached to an aromatic ring is 1. The Morgan fingerprint density at radius 1 is 1.12 bits per heavy atom. The zero-order chi connectivity index (χ0) is 22.9. The van der Waals surface area contributed by atoms with Gasteiger partial charge >= 0.3 is 0 Å². The van der Waals surface area contributed by atoms with E-state index >= 15 is 0 Å². The molecule has 0 atom stereocenters. The van der Waals surface area contributed by atoms with Crippen LogP contribution in [0.5, 0.6) is 0 Å². The molecule has 0 spiro atoms. The maximum atomic E-state index is 12.8. The molecule has 3 heterocycles. The van der Waals surface area contributed by atoms with Gasteiger partial charge in [0, 0.05) is 47.0 Å². The fraction of sp³-hybridized carbons (Fsp3) is 0.208. The molecular weight excluding hydrogens is 504 g/mol. The Bertz CT molecular complexity index is 1310. The number of piperidine rings is 1. The van der Waals surface area contributed by atoms with E-state index in [1.54, 1.807) is 35.0 Å². The van der Waals surface area contributed by atoms with Gasteiger partial charge in [-0.25, -0.2) is 4.98 Å². The number of anilines is 2. The van der Waals surface area contributed by atoms with Crippen molar-refractivity contribution in [2.45, 2.75) is 18.9 Å². The molecule has 5 rings (SSSR count). The zero-order valence-corrected chi connectivity index (χ0v) is 20.1. The van der Waals surface area contributed by atoms with Crippen LogP contribution in [0.4, 0.5) is 11.5 Å². The van der Waals surface area contributed by atoms with E-state index in [-0.39, 0.29) is 11.9 Å². The summed E-state index contributed by atoms with van der Waals surface area (Å²) in [6.45, 7) is 1.35. The van der Waals surface area contributed by atoms with E-state index < -0.39 is 0 Å². The lowest BCUT2D eigenvalue weighted by Crippen LogP contribution is -2.42. The number of aromatic nitrogens is 3. The Morgan fingerprint density at radius 3 is 2.58 bits per heavy atom. The highest BCUT2D eigenvalue weighted by Gasteiger charge is 2.24. The summed E-state index contributed by atoms with van der Waals surface area (Å²) in [6.07, 6.45) is 3.39. The molecule has 9 heteroatoms. The monoisotopic (exact) mass is 524 g/mol. The standard InChI is InChI=1S/C24H22BrClN6O/c25-19-14-28-32-22(13-21(30-23(19)32)18-3-1-2-4-20(18)27)29-17-9-11-31(12-10-17)24(33)15-5-7-16(26)8-6-15/h1-8,13-14,17,29H,9-12,27H2. The number of rotatable bonds is 4. The summed E-state index contributed by atoms with van der Waals surface area (Å²) >= 11 is 9.49. The van der Waals surface area contributed by atoms with Crippen LogP contribution in [0.25, 0.3) is 16.9 Å². The molecule has 0 saturated carbocycles.